The number of nitrogen functional groups attached to an aromatic ring is 1. The second kappa shape index (κ2) is 13.8. The average molecular weight is 786 g/mol. The third-order valence-electron chi connectivity index (χ3n) is 10.5. The summed E-state index contributed by atoms with van der Waals surface area (Å²) in [5, 5.41) is 23.0. The van der Waals surface area contributed by atoms with Crippen molar-refractivity contribution >= 4 is 49.1 Å². The fourth-order valence-corrected chi connectivity index (χ4v) is 8.83. The molecule has 55 heavy (non-hydrogen) atoms. The number of amides is 1. The molecule has 3 saturated heterocycles. The number of hydrogen-bond acceptors (Lipinski definition) is 11. The molecule has 0 saturated carbocycles. The Balaban J connectivity index is 0.000000413. The topological polar surface area (TPSA) is 150 Å². The Hall–Kier alpha value is -5.19. The van der Waals surface area contributed by atoms with E-state index in [-0.39, 0.29) is 87.8 Å². The molecule has 2 unspecified atom stereocenters. The van der Waals surface area contributed by atoms with E-state index in [4.69, 9.17) is 10.5 Å². The van der Waals surface area contributed by atoms with Crippen molar-refractivity contribution in [3.05, 3.63) is 58.4 Å². The first kappa shape index (κ1) is 36.8. The Morgan fingerprint density at radius 1 is 1.13 bits per heavy atom. The molecule has 4 aliphatic rings. The Labute approximate surface area is 313 Å². The molecule has 3 fully saturated rings. The van der Waals surface area contributed by atoms with Gasteiger partial charge < -0.3 is 25.4 Å². The number of aromatic nitrogens is 4. The third-order valence-corrected chi connectivity index (χ3v) is 11.5. The number of β-amino-alcohol motifs (C(OH)–C–C–N with tert-alkyl or cyclic N) is 1. The summed E-state index contributed by atoms with van der Waals surface area (Å²) in [4.78, 5) is 26.4. The van der Waals surface area contributed by atoms with E-state index in [1.54, 1.807) is 21.7 Å². The van der Waals surface area contributed by atoms with Gasteiger partial charge in [0.25, 0.3) is 5.91 Å². The molecule has 4 aliphatic heterocycles. The van der Waals surface area contributed by atoms with Crippen LogP contribution in [0, 0.1) is 23.0 Å². The molecule has 7 heterocycles. The van der Waals surface area contributed by atoms with E-state index in [1.165, 1.54) is 24.9 Å². The highest BCUT2D eigenvalue weighted by Gasteiger charge is 2.39. The number of alkyl halides is 4. The number of anilines is 2. The summed E-state index contributed by atoms with van der Waals surface area (Å²) in [5.74, 6) is -2.61. The molecule has 288 valence electrons. The maximum absolute atomic E-state index is 16.6. The Kier molecular flexibility index (Phi) is 9.25. The number of fused-ring (bicyclic) bond motifs is 4. The number of hydrogen-bond donors (Lipinski definition) is 2. The summed E-state index contributed by atoms with van der Waals surface area (Å²) in [6.45, 7) is 2.71. The van der Waals surface area contributed by atoms with Gasteiger partial charge in [-0.25, -0.2) is 13.2 Å². The van der Waals surface area contributed by atoms with Crippen LogP contribution in [0.3, 0.4) is 0 Å². The predicted octanol–water partition coefficient (Wildman–Crippen LogP) is 5.50. The van der Waals surface area contributed by atoms with Gasteiger partial charge >= 0.3 is 12.2 Å². The Morgan fingerprint density at radius 3 is 2.60 bits per heavy atom. The van der Waals surface area contributed by atoms with Gasteiger partial charge in [-0.05, 0) is 49.6 Å². The molecule has 2 atom stereocenters. The molecule has 3 aromatic heterocycles. The molecule has 19 heteroatoms. The first-order chi connectivity index (χ1) is 26.2. The van der Waals surface area contributed by atoms with Crippen molar-refractivity contribution < 1.29 is 41.0 Å². The first-order valence-corrected chi connectivity index (χ1v) is 18.3. The van der Waals surface area contributed by atoms with Crippen molar-refractivity contribution in [2.75, 3.05) is 50.5 Å². The number of benzene rings is 2. The molecule has 0 aliphatic carbocycles. The highest BCUT2D eigenvalue weighted by molar-refractivity contribution is 7.23. The number of halogens is 6. The van der Waals surface area contributed by atoms with Crippen LogP contribution >= 0.6 is 11.3 Å². The van der Waals surface area contributed by atoms with Crippen LogP contribution in [0.1, 0.15) is 46.6 Å². The summed E-state index contributed by atoms with van der Waals surface area (Å²) in [6.07, 6.45) is -2.88. The minimum Gasteiger partial charge on any atom is -0.467 e. The smallest absolute Gasteiger partial charge is 0.417 e. The lowest BCUT2D eigenvalue weighted by Gasteiger charge is -2.35. The molecule has 0 radical (unpaired) electrons. The first-order valence-electron chi connectivity index (χ1n) is 17.5. The second-order valence-electron chi connectivity index (χ2n) is 13.9. The molecule has 0 bridgehead atoms. The minimum atomic E-state index is -5.10. The van der Waals surface area contributed by atoms with E-state index in [0.717, 1.165) is 31.2 Å². The predicted molar refractivity (Wildman–Crippen MR) is 190 cm³/mol. The number of nitrogens with zero attached hydrogens (tertiary/aromatic N) is 8. The van der Waals surface area contributed by atoms with E-state index in [0.29, 0.717) is 29.6 Å². The quantitative estimate of drug-likeness (QED) is 0.224. The van der Waals surface area contributed by atoms with Crippen molar-refractivity contribution in [3.8, 4) is 23.2 Å². The van der Waals surface area contributed by atoms with Gasteiger partial charge in [0.1, 0.15) is 34.4 Å². The molecule has 9 rings (SSSR count). The van der Waals surface area contributed by atoms with E-state index in [1.807, 2.05) is 0 Å². The molecule has 2 aromatic carbocycles. The maximum Gasteiger partial charge on any atom is 0.417 e. The summed E-state index contributed by atoms with van der Waals surface area (Å²) in [7, 11) is 1.22. The van der Waals surface area contributed by atoms with Crippen molar-refractivity contribution in [1.29, 1.82) is 5.26 Å². The average Bonchev–Trinajstić information content (AvgIpc) is 3.92. The van der Waals surface area contributed by atoms with E-state index < -0.39 is 46.7 Å². The largest absolute Gasteiger partial charge is 0.467 e. The molecule has 5 aromatic rings. The van der Waals surface area contributed by atoms with Gasteiger partial charge in [0.05, 0.1) is 47.8 Å². The Bertz CT molecular complexity index is 2380. The zero-order valence-corrected chi connectivity index (χ0v) is 30.0. The lowest BCUT2D eigenvalue weighted by atomic mass is 9.92. The number of aliphatic hydroxyl groups is 1. The number of aliphatic hydroxyl groups excluding tert-OH is 1. The summed E-state index contributed by atoms with van der Waals surface area (Å²) >= 11 is 0.675. The van der Waals surface area contributed by atoms with Crippen LogP contribution in [0.25, 0.3) is 32.1 Å². The molecule has 0 spiro atoms. The number of nitriles is 1. The van der Waals surface area contributed by atoms with Crippen LogP contribution in [-0.4, -0.2) is 98.7 Å². The van der Waals surface area contributed by atoms with E-state index in [9.17, 15) is 37.1 Å². The number of ether oxygens (including phenoxy) is 1. The highest BCUT2D eigenvalue weighted by Crippen LogP contribution is 2.48. The van der Waals surface area contributed by atoms with Crippen LogP contribution in [-0.2, 0) is 19.3 Å². The van der Waals surface area contributed by atoms with Crippen LogP contribution in [0.2, 0.25) is 0 Å². The normalized spacial score (nSPS) is 19.9. The molecule has 3 N–H and O–H groups in total. The van der Waals surface area contributed by atoms with Gasteiger partial charge in [-0.1, -0.05) is 6.07 Å². The number of thiophene rings is 1. The molecular weight excluding hydrogens is 753 g/mol. The number of methoxy groups -OCH3 is 1. The fraction of sp³-hybridized carbons (Fsp3) is 0.417. The van der Waals surface area contributed by atoms with Crippen molar-refractivity contribution in [2.45, 2.75) is 56.8 Å². The van der Waals surface area contributed by atoms with E-state index in [2.05, 4.69) is 20.0 Å². The van der Waals surface area contributed by atoms with Gasteiger partial charge in [0.2, 0.25) is 0 Å². The lowest BCUT2D eigenvalue weighted by molar-refractivity contribution is -0.137. The van der Waals surface area contributed by atoms with Gasteiger partial charge in [-0.3, -0.25) is 14.4 Å². The summed E-state index contributed by atoms with van der Waals surface area (Å²) in [5.41, 5.74) is 3.15. The zero-order chi connectivity index (χ0) is 38.9. The number of carbonyl (C=O) groups is 1. The van der Waals surface area contributed by atoms with Crippen LogP contribution in [0.5, 0.6) is 6.01 Å². The number of nitrogens with two attached hydrogens (primary N) is 1. The Morgan fingerprint density at radius 2 is 1.91 bits per heavy atom. The van der Waals surface area contributed by atoms with Crippen molar-refractivity contribution in [2.24, 2.45) is 0 Å². The van der Waals surface area contributed by atoms with E-state index >= 15 is 4.39 Å². The number of rotatable bonds is 4. The monoisotopic (exact) mass is 785 g/mol. The maximum atomic E-state index is 16.6. The van der Waals surface area contributed by atoms with Gasteiger partial charge in [0.15, 0.2) is 11.5 Å². The second-order valence-corrected chi connectivity index (χ2v) is 15.0. The SMILES string of the molecule is COc1nc(N2CCn3nc(C(=O)N4CC(O)C4)cc3C2)c2cc(C(F)(F)F)c(-c3ccc(F)c4sc(N)c(C#N)c34)c(F)c2n1.FC1CC2CCCN2C1. The molecule has 12 nitrogen and oxygen atoms in total. The third kappa shape index (κ3) is 6.45. The minimum absolute atomic E-state index is 0.0502. The van der Waals surface area contributed by atoms with Gasteiger partial charge in [-0.15, -0.1) is 11.3 Å². The fourth-order valence-electron chi connectivity index (χ4n) is 7.88. The van der Waals surface area contributed by atoms with Crippen LogP contribution < -0.4 is 15.4 Å². The van der Waals surface area contributed by atoms with Crippen LogP contribution in [0.15, 0.2) is 24.3 Å². The molecular formula is C36H33F6N9O3S. The van der Waals surface area contributed by atoms with Crippen molar-refractivity contribution in [1.82, 2.24) is 29.5 Å². The van der Waals surface area contributed by atoms with Gasteiger partial charge in [-0.2, -0.15) is 33.5 Å². The molecule has 1 amide bonds. The summed E-state index contributed by atoms with van der Waals surface area (Å²) < 4.78 is 94.8. The number of carbonyl (C=O) groups excluding carboxylic acids is 1. The standard InChI is InChI=1S/C29H21F5N8O3S.C7H12FN/c1-45-28-37-23-15(26(38-28)40-4-5-42-12(9-40)6-19(39-42)27(44)41-10-13(43)11-41)7-17(29(32,33)34)21(22(23)31)14-2-3-18(30)24-20(14)16(8-35)25(36)46-24;8-6-4-7-2-1-3-9(7)5-6/h2-3,6-7,13,43H,4-5,9-11,36H2,1H3;6-7H,1-5H2. The lowest BCUT2D eigenvalue weighted by Crippen LogP contribution is -2.53. The van der Waals surface area contributed by atoms with Crippen molar-refractivity contribution in [3.63, 3.8) is 0 Å². The van der Waals surface area contributed by atoms with Crippen LogP contribution in [0.4, 0.5) is 37.2 Å². The highest BCUT2D eigenvalue weighted by atomic mass is 32.1. The zero-order valence-electron chi connectivity index (χ0n) is 29.2. The van der Waals surface area contributed by atoms with Gasteiger partial charge in [0, 0.05) is 48.6 Å². The summed E-state index contributed by atoms with van der Waals surface area (Å²) in [6, 6.07) is 6.25. The number of likely N-dealkylation sites (tertiary alicyclic amines) is 1.